The van der Waals surface area contributed by atoms with Crippen molar-refractivity contribution in [3.63, 3.8) is 0 Å². The number of benzene rings is 1. The molecule has 0 bridgehead atoms. The fraction of sp³-hybridized carbons (Fsp3) is 0.684. The fourth-order valence-corrected chi connectivity index (χ4v) is 2.42. The maximum absolute atomic E-state index is 5.94. The summed E-state index contributed by atoms with van der Waals surface area (Å²) in [4.78, 5) is 0. The summed E-state index contributed by atoms with van der Waals surface area (Å²) < 4.78 is 11.4. The Balaban J connectivity index is 2.43. The Morgan fingerprint density at radius 1 is 0.955 bits per heavy atom. The van der Waals surface area contributed by atoms with Gasteiger partial charge in [-0.15, -0.1) is 0 Å². The van der Waals surface area contributed by atoms with Crippen molar-refractivity contribution in [2.45, 2.75) is 65.3 Å². The van der Waals surface area contributed by atoms with Gasteiger partial charge in [0.1, 0.15) is 0 Å². The van der Waals surface area contributed by atoms with Gasteiger partial charge < -0.3 is 14.8 Å². The third-order valence-electron chi connectivity index (χ3n) is 3.80. The molecule has 0 aliphatic rings. The van der Waals surface area contributed by atoms with Gasteiger partial charge in [-0.3, -0.25) is 0 Å². The van der Waals surface area contributed by atoms with E-state index < -0.39 is 0 Å². The summed E-state index contributed by atoms with van der Waals surface area (Å²) in [7, 11) is 1.70. The number of methoxy groups -OCH3 is 1. The molecule has 0 amide bonds. The predicted octanol–water partition coefficient (Wildman–Crippen LogP) is 4.93. The van der Waals surface area contributed by atoms with Crippen molar-refractivity contribution in [3.05, 3.63) is 23.8 Å². The van der Waals surface area contributed by atoms with Crippen LogP contribution in [-0.4, -0.2) is 20.3 Å². The number of hydrogen-bond acceptors (Lipinski definition) is 3. The number of para-hydroxylation sites is 1. The molecule has 0 fully saturated rings. The van der Waals surface area contributed by atoms with Crippen molar-refractivity contribution >= 4 is 0 Å². The highest BCUT2D eigenvalue weighted by Gasteiger charge is 2.10. The maximum Gasteiger partial charge on any atom is 0.165 e. The first-order valence-corrected chi connectivity index (χ1v) is 8.82. The number of rotatable bonds is 13. The van der Waals surface area contributed by atoms with Gasteiger partial charge in [0, 0.05) is 12.1 Å². The van der Waals surface area contributed by atoms with Gasteiger partial charge in [-0.2, -0.15) is 0 Å². The molecule has 0 saturated heterocycles. The van der Waals surface area contributed by atoms with Gasteiger partial charge >= 0.3 is 0 Å². The average Bonchev–Trinajstić information content (AvgIpc) is 2.55. The Hall–Kier alpha value is -1.22. The Labute approximate surface area is 136 Å². The standard InChI is InChI=1S/C19H33NO2/c1-4-6-8-9-10-14-20-16-17-12-11-13-18(21-3)19(17)22-15-7-5-2/h11-13,20H,4-10,14-16H2,1-3H3. The zero-order chi connectivity index (χ0) is 16.0. The Morgan fingerprint density at radius 2 is 1.73 bits per heavy atom. The summed E-state index contributed by atoms with van der Waals surface area (Å²) in [5, 5.41) is 3.53. The van der Waals surface area contributed by atoms with Gasteiger partial charge in [0.15, 0.2) is 11.5 Å². The van der Waals surface area contributed by atoms with Crippen molar-refractivity contribution in [3.8, 4) is 11.5 Å². The molecule has 1 rings (SSSR count). The van der Waals surface area contributed by atoms with Crippen LogP contribution >= 0.6 is 0 Å². The Bertz CT molecular complexity index is 393. The van der Waals surface area contributed by atoms with Crippen LogP contribution in [0.3, 0.4) is 0 Å². The molecule has 0 atom stereocenters. The molecule has 0 heterocycles. The minimum absolute atomic E-state index is 0.751. The summed E-state index contributed by atoms with van der Waals surface area (Å²) >= 11 is 0. The van der Waals surface area contributed by atoms with Gasteiger partial charge in [-0.25, -0.2) is 0 Å². The molecular weight excluding hydrogens is 274 g/mol. The van der Waals surface area contributed by atoms with Crippen LogP contribution in [0.25, 0.3) is 0 Å². The number of unbranched alkanes of at least 4 members (excludes halogenated alkanes) is 5. The topological polar surface area (TPSA) is 30.5 Å². The van der Waals surface area contributed by atoms with Crippen molar-refractivity contribution in [1.82, 2.24) is 5.32 Å². The van der Waals surface area contributed by atoms with E-state index in [4.69, 9.17) is 9.47 Å². The van der Waals surface area contributed by atoms with Crippen LogP contribution in [0.2, 0.25) is 0 Å². The van der Waals surface area contributed by atoms with Crippen LogP contribution in [0.15, 0.2) is 18.2 Å². The van der Waals surface area contributed by atoms with Crippen molar-refractivity contribution in [2.75, 3.05) is 20.3 Å². The van der Waals surface area contributed by atoms with E-state index in [1.807, 2.05) is 12.1 Å². The zero-order valence-corrected chi connectivity index (χ0v) is 14.6. The van der Waals surface area contributed by atoms with Crippen molar-refractivity contribution in [2.24, 2.45) is 0 Å². The van der Waals surface area contributed by atoms with Crippen LogP contribution in [0.4, 0.5) is 0 Å². The highest BCUT2D eigenvalue weighted by Crippen LogP contribution is 2.31. The summed E-state index contributed by atoms with van der Waals surface area (Å²) in [5.74, 6) is 1.73. The van der Waals surface area contributed by atoms with Crippen molar-refractivity contribution in [1.29, 1.82) is 0 Å². The lowest BCUT2D eigenvalue weighted by Crippen LogP contribution is -2.16. The summed E-state index contributed by atoms with van der Waals surface area (Å²) in [5.41, 5.74) is 1.18. The smallest absolute Gasteiger partial charge is 0.165 e. The molecule has 3 nitrogen and oxygen atoms in total. The van der Waals surface area contributed by atoms with E-state index in [2.05, 4.69) is 25.2 Å². The molecule has 126 valence electrons. The lowest BCUT2D eigenvalue weighted by atomic mass is 10.1. The summed E-state index contributed by atoms with van der Waals surface area (Å²) in [6.45, 7) is 7.08. The minimum Gasteiger partial charge on any atom is -0.493 e. The number of nitrogens with one attached hydrogen (secondary N) is 1. The molecule has 1 N–H and O–H groups in total. The minimum atomic E-state index is 0.751. The lowest BCUT2D eigenvalue weighted by molar-refractivity contribution is 0.284. The number of hydrogen-bond donors (Lipinski definition) is 1. The molecule has 1 aromatic carbocycles. The van der Waals surface area contributed by atoms with E-state index in [0.29, 0.717) is 0 Å². The first-order chi connectivity index (χ1) is 10.8. The quantitative estimate of drug-likeness (QED) is 0.524. The molecule has 0 aliphatic carbocycles. The number of ether oxygens (including phenoxy) is 2. The molecule has 0 aromatic heterocycles. The largest absolute Gasteiger partial charge is 0.493 e. The molecule has 0 saturated carbocycles. The Morgan fingerprint density at radius 3 is 2.45 bits per heavy atom. The Kier molecular flexibility index (Phi) is 10.6. The van der Waals surface area contributed by atoms with Crippen molar-refractivity contribution < 1.29 is 9.47 Å². The summed E-state index contributed by atoms with van der Waals surface area (Å²) in [6, 6.07) is 6.12. The first-order valence-electron chi connectivity index (χ1n) is 8.82. The third-order valence-corrected chi connectivity index (χ3v) is 3.80. The molecule has 0 radical (unpaired) electrons. The van der Waals surface area contributed by atoms with Gasteiger partial charge in [0.25, 0.3) is 0 Å². The second-order valence-electron chi connectivity index (χ2n) is 5.74. The van der Waals surface area contributed by atoms with E-state index in [1.165, 1.54) is 37.7 Å². The normalized spacial score (nSPS) is 10.7. The molecule has 0 aliphatic heterocycles. The zero-order valence-electron chi connectivity index (χ0n) is 14.6. The van der Waals surface area contributed by atoms with E-state index in [-0.39, 0.29) is 0 Å². The van der Waals surface area contributed by atoms with Crippen LogP contribution in [-0.2, 0) is 6.54 Å². The van der Waals surface area contributed by atoms with Crippen LogP contribution in [0.5, 0.6) is 11.5 Å². The molecule has 1 aromatic rings. The first kappa shape index (κ1) is 18.8. The maximum atomic E-state index is 5.94. The van der Waals surface area contributed by atoms with E-state index in [9.17, 15) is 0 Å². The van der Waals surface area contributed by atoms with E-state index >= 15 is 0 Å². The summed E-state index contributed by atoms with van der Waals surface area (Å²) in [6.07, 6.45) is 8.78. The molecule has 0 spiro atoms. The second-order valence-corrected chi connectivity index (χ2v) is 5.74. The average molecular weight is 307 g/mol. The highest BCUT2D eigenvalue weighted by atomic mass is 16.5. The molecule has 0 unspecified atom stereocenters. The monoisotopic (exact) mass is 307 g/mol. The van der Waals surface area contributed by atoms with Gasteiger partial charge in [-0.1, -0.05) is 58.1 Å². The third kappa shape index (κ3) is 7.17. The van der Waals surface area contributed by atoms with Gasteiger partial charge in [-0.05, 0) is 25.5 Å². The van der Waals surface area contributed by atoms with Crippen LogP contribution in [0, 0.1) is 0 Å². The van der Waals surface area contributed by atoms with Crippen LogP contribution in [0.1, 0.15) is 64.4 Å². The van der Waals surface area contributed by atoms with Gasteiger partial charge in [0.2, 0.25) is 0 Å². The van der Waals surface area contributed by atoms with Crippen LogP contribution < -0.4 is 14.8 Å². The highest BCUT2D eigenvalue weighted by molar-refractivity contribution is 5.46. The second kappa shape index (κ2) is 12.3. The molecule has 22 heavy (non-hydrogen) atoms. The predicted molar refractivity (Wildman–Crippen MR) is 93.9 cm³/mol. The van der Waals surface area contributed by atoms with Gasteiger partial charge in [0.05, 0.1) is 13.7 Å². The SMILES string of the molecule is CCCCCCCNCc1cccc(OC)c1OCCCC. The molecular formula is C19H33NO2. The van der Waals surface area contributed by atoms with E-state index in [0.717, 1.165) is 44.0 Å². The molecule has 3 heteroatoms. The van der Waals surface area contributed by atoms with E-state index in [1.54, 1.807) is 7.11 Å². The lowest BCUT2D eigenvalue weighted by Gasteiger charge is -2.15. The fourth-order valence-electron chi connectivity index (χ4n) is 2.42.